The van der Waals surface area contributed by atoms with Gasteiger partial charge in [0, 0.05) is 12.0 Å². The van der Waals surface area contributed by atoms with E-state index in [1.54, 1.807) is 0 Å². The van der Waals surface area contributed by atoms with Crippen molar-refractivity contribution in [2.75, 3.05) is 6.54 Å². The van der Waals surface area contributed by atoms with Crippen molar-refractivity contribution in [3.8, 4) is 0 Å². The van der Waals surface area contributed by atoms with Gasteiger partial charge in [0.1, 0.15) is 0 Å². The fourth-order valence-electron chi connectivity index (χ4n) is 2.87. The van der Waals surface area contributed by atoms with Gasteiger partial charge in [0.25, 0.3) is 0 Å². The average Bonchev–Trinajstić information content (AvgIpc) is 2.41. The number of aliphatic hydroxyl groups is 1. The average molecular weight is 245 g/mol. The van der Waals surface area contributed by atoms with Crippen LogP contribution < -0.4 is 5.73 Å². The van der Waals surface area contributed by atoms with Gasteiger partial charge in [0.15, 0.2) is 0 Å². The molecule has 0 aliphatic heterocycles. The van der Waals surface area contributed by atoms with Crippen LogP contribution in [0.25, 0.3) is 6.08 Å². The lowest BCUT2D eigenvalue weighted by Crippen LogP contribution is -2.37. The maximum Gasteiger partial charge on any atom is 0.0541 e. The molecule has 1 saturated carbocycles. The van der Waals surface area contributed by atoms with Crippen molar-refractivity contribution in [1.82, 2.24) is 0 Å². The summed E-state index contributed by atoms with van der Waals surface area (Å²) in [6, 6.07) is 10.4. The van der Waals surface area contributed by atoms with Gasteiger partial charge in [-0.2, -0.15) is 0 Å². The molecule has 1 aliphatic carbocycles. The summed E-state index contributed by atoms with van der Waals surface area (Å²) in [5.41, 5.74) is 8.69. The lowest BCUT2D eigenvalue weighted by atomic mass is 9.68. The Hall–Kier alpha value is -1.12. The minimum Gasteiger partial charge on any atom is -0.393 e. The Bertz CT molecular complexity index is 402. The molecule has 1 aromatic carbocycles. The molecule has 0 amide bonds. The van der Waals surface area contributed by atoms with Crippen molar-refractivity contribution >= 4 is 6.08 Å². The summed E-state index contributed by atoms with van der Waals surface area (Å²) in [7, 11) is 0. The molecule has 0 unspecified atom stereocenters. The van der Waals surface area contributed by atoms with E-state index in [0.29, 0.717) is 6.54 Å². The number of benzene rings is 1. The molecule has 0 bridgehead atoms. The molecule has 1 fully saturated rings. The first-order chi connectivity index (χ1) is 8.66. The Morgan fingerprint density at radius 3 is 2.50 bits per heavy atom. The van der Waals surface area contributed by atoms with Crippen LogP contribution in [0.1, 0.15) is 38.2 Å². The Balaban J connectivity index is 2.20. The molecule has 0 saturated heterocycles. The van der Waals surface area contributed by atoms with Crippen molar-refractivity contribution in [3.63, 3.8) is 0 Å². The lowest BCUT2D eigenvalue weighted by molar-refractivity contribution is 0.0832. The molecule has 3 N–H and O–H groups in total. The van der Waals surface area contributed by atoms with Crippen LogP contribution >= 0.6 is 0 Å². The lowest BCUT2D eigenvalue weighted by Gasteiger charge is -2.39. The standard InChI is InChI=1S/C16H23NO/c1-13(11-14-5-3-2-4-6-14)16(12-17)9-7-15(18)8-10-16/h2-6,11,15,18H,7-10,12,17H2,1H3/b13-11-. The third-order valence-corrected chi connectivity index (χ3v) is 4.32. The number of hydrogen-bond acceptors (Lipinski definition) is 2. The van der Waals surface area contributed by atoms with Crippen LogP contribution in [0.4, 0.5) is 0 Å². The molecule has 2 rings (SSSR count). The van der Waals surface area contributed by atoms with E-state index in [1.165, 1.54) is 11.1 Å². The van der Waals surface area contributed by atoms with Crippen LogP contribution in [0, 0.1) is 5.41 Å². The van der Waals surface area contributed by atoms with E-state index in [0.717, 1.165) is 25.7 Å². The third kappa shape index (κ3) is 2.82. The van der Waals surface area contributed by atoms with Crippen molar-refractivity contribution in [3.05, 3.63) is 41.5 Å². The zero-order chi connectivity index (χ0) is 13.0. The highest BCUT2D eigenvalue weighted by molar-refractivity contribution is 5.53. The highest BCUT2D eigenvalue weighted by Gasteiger charge is 2.34. The molecule has 0 aromatic heterocycles. The summed E-state index contributed by atoms with van der Waals surface area (Å²) in [6.45, 7) is 2.85. The minimum absolute atomic E-state index is 0.0923. The molecule has 1 aromatic rings. The van der Waals surface area contributed by atoms with E-state index in [-0.39, 0.29) is 11.5 Å². The van der Waals surface area contributed by atoms with Gasteiger partial charge >= 0.3 is 0 Å². The van der Waals surface area contributed by atoms with Crippen LogP contribution in [0.3, 0.4) is 0 Å². The smallest absolute Gasteiger partial charge is 0.0541 e. The number of hydrogen-bond donors (Lipinski definition) is 2. The SMILES string of the molecule is C/C(=C/c1ccccc1)C1(CN)CCC(O)CC1. The summed E-state index contributed by atoms with van der Waals surface area (Å²) >= 11 is 0. The first-order valence-electron chi connectivity index (χ1n) is 6.78. The summed E-state index contributed by atoms with van der Waals surface area (Å²) in [4.78, 5) is 0. The zero-order valence-electron chi connectivity index (χ0n) is 11.1. The molecule has 2 heteroatoms. The Morgan fingerprint density at radius 1 is 1.33 bits per heavy atom. The first kappa shape index (κ1) is 13.3. The molecule has 0 atom stereocenters. The summed E-state index contributed by atoms with van der Waals surface area (Å²) in [6.07, 6.45) is 5.85. The van der Waals surface area contributed by atoms with Crippen molar-refractivity contribution in [2.24, 2.45) is 11.1 Å². The van der Waals surface area contributed by atoms with Crippen molar-refractivity contribution in [1.29, 1.82) is 0 Å². The highest BCUT2D eigenvalue weighted by atomic mass is 16.3. The van der Waals surface area contributed by atoms with Gasteiger partial charge in [-0.1, -0.05) is 42.0 Å². The van der Waals surface area contributed by atoms with Gasteiger partial charge in [-0.25, -0.2) is 0 Å². The second kappa shape index (κ2) is 5.68. The third-order valence-electron chi connectivity index (χ3n) is 4.32. The zero-order valence-corrected chi connectivity index (χ0v) is 11.1. The predicted octanol–water partition coefficient (Wildman–Crippen LogP) is 2.97. The number of aliphatic hydroxyl groups excluding tert-OH is 1. The van der Waals surface area contributed by atoms with E-state index in [4.69, 9.17) is 5.73 Å². The van der Waals surface area contributed by atoms with Gasteiger partial charge < -0.3 is 10.8 Å². The largest absolute Gasteiger partial charge is 0.393 e. The monoisotopic (exact) mass is 245 g/mol. The van der Waals surface area contributed by atoms with Crippen molar-refractivity contribution < 1.29 is 5.11 Å². The van der Waals surface area contributed by atoms with Gasteiger partial charge in [-0.3, -0.25) is 0 Å². The molecule has 1 aliphatic rings. The molecular formula is C16H23NO. The van der Waals surface area contributed by atoms with Crippen molar-refractivity contribution in [2.45, 2.75) is 38.7 Å². The van der Waals surface area contributed by atoms with Crippen LogP contribution in [0.5, 0.6) is 0 Å². The molecule has 0 heterocycles. The maximum absolute atomic E-state index is 9.65. The second-order valence-electron chi connectivity index (χ2n) is 5.45. The summed E-state index contributed by atoms with van der Waals surface area (Å²) < 4.78 is 0. The first-order valence-corrected chi connectivity index (χ1v) is 6.78. The highest BCUT2D eigenvalue weighted by Crippen LogP contribution is 2.42. The van der Waals surface area contributed by atoms with Gasteiger partial charge in [-0.05, 0) is 38.2 Å². The molecule has 0 spiro atoms. The molecule has 98 valence electrons. The van der Waals surface area contributed by atoms with Gasteiger partial charge in [0.2, 0.25) is 0 Å². The van der Waals surface area contributed by atoms with Crippen LogP contribution in [-0.4, -0.2) is 17.8 Å². The number of rotatable bonds is 3. The Labute approximate surface area is 110 Å². The van der Waals surface area contributed by atoms with Crippen LogP contribution in [0.15, 0.2) is 35.9 Å². The topological polar surface area (TPSA) is 46.2 Å². The number of nitrogens with two attached hydrogens (primary N) is 1. The molecule has 0 radical (unpaired) electrons. The molecule has 18 heavy (non-hydrogen) atoms. The quantitative estimate of drug-likeness (QED) is 0.860. The summed E-state index contributed by atoms with van der Waals surface area (Å²) in [5, 5.41) is 9.65. The second-order valence-corrected chi connectivity index (χ2v) is 5.45. The van der Waals surface area contributed by atoms with E-state index in [1.807, 2.05) is 6.07 Å². The van der Waals surface area contributed by atoms with Gasteiger partial charge in [0.05, 0.1) is 6.10 Å². The predicted molar refractivity (Wildman–Crippen MR) is 76.1 cm³/mol. The summed E-state index contributed by atoms with van der Waals surface area (Å²) in [5.74, 6) is 0. The van der Waals surface area contributed by atoms with Crippen LogP contribution in [-0.2, 0) is 0 Å². The Morgan fingerprint density at radius 2 is 1.94 bits per heavy atom. The fraction of sp³-hybridized carbons (Fsp3) is 0.500. The van der Waals surface area contributed by atoms with Crippen LogP contribution in [0.2, 0.25) is 0 Å². The maximum atomic E-state index is 9.65. The molecule has 2 nitrogen and oxygen atoms in total. The molecular weight excluding hydrogens is 222 g/mol. The minimum atomic E-state index is -0.130. The van der Waals surface area contributed by atoms with E-state index in [2.05, 4.69) is 37.3 Å². The van der Waals surface area contributed by atoms with E-state index < -0.39 is 0 Å². The Kier molecular flexibility index (Phi) is 4.20. The van der Waals surface area contributed by atoms with Gasteiger partial charge in [-0.15, -0.1) is 0 Å². The van der Waals surface area contributed by atoms with E-state index >= 15 is 0 Å². The normalized spacial score (nSPS) is 29.3. The van der Waals surface area contributed by atoms with E-state index in [9.17, 15) is 5.11 Å². The fourth-order valence-corrected chi connectivity index (χ4v) is 2.87.